The molecular weight excluding hydrogens is 360 g/mol. The van der Waals surface area contributed by atoms with Crippen LogP contribution in [0.3, 0.4) is 0 Å². The molecule has 2 aliphatic rings. The largest absolute Gasteiger partial charge is 0.356 e. The maximum atomic E-state index is 12.1. The van der Waals surface area contributed by atoms with Gasteiger partial charge in [-0.2, -0.15) is 0 Å². The molecule has 1 aromatic heterocycles. The monoisotopic (exact) mass is 384 g/mol. The molecular formula is C21H25ClN4O. The Labute approximate surface area is 165 Å². The average molecular weight is 385 g/mol. The molecule has 1 aromatic carbocycles. The standard InChI is InChI=1S/C21H25ClN4O/c1-15-6-8-23-19(10-15)26-9-7-21(14-26)11-18(12-21)25-20(27)24-13-16-2-4-17(22)5-3-16/h2-6,8,10,18H,7,9,11-14H2,1H3,(H2,24,25,27)/t18-,21-. The van der Waals surface area contributed by atoms with E-state index in [2.05, 4.69) is 33.5 Å². The van der Waals surface area contributed by atoms with Crippen molar-refractivity contribution in [2.24, 2.45) is 5.41 Å². The quantitative estimate of drug-likeness (QED) is 0.840. The van der Waals surface area contributed by atoms with Crippen LogP contribution in [0.15, 0.2) is 42.6 Å². The van der Waals surface area contributed by atoms with Crippen molar-refractivity contribution in [1.29, 1.82) is 0 Å². The van der Waals surface area contributed by atoms with Crippen LogP contribution >= 0.6 is 11.6 Å². The molecule has 1 aliphatic heterocycles. The van der Waals surface area contributed by atoms with Crippen molar-refractivity contribution in [3.8, 4) is 0 Å². The first-order valence-electron chi connectivity index (χ1n) is 9.48. The van der Waals surface area contributed by atoms with Gasteiger partial charge in [0.25, 0.3) is 0 Å². The maximum absolute atomic E-state index is 12.1. The second-order valence-electron chi connectivity index (χ2n) is 7.92. The summed E-state index contributed by atoms with van der Waals surface area (Å²) in [6.07, 6.45) is 5.15. The van der Waals surface area contributed by atoms with Gasteiger partial charge in [-0.05, 0) is 67.0 Å². The summed E-state index contributed by atoms with van der Waals surface area (Å²) in [7, 11) is 0. The van der Waals surface area contributed by atoms with Crippen molar-refractivity contribution in [2.45, 2.75) is 38.8 Å². The number of pyridine rings is 1. The summed E-state index contributed by atoms with van der Waals surface area (Å²) in [5, 5.41) is 6.73. The van der Waals surface area contributed by atoms with Crippen molar-refractivity contribution in [1.82, 2.24) is 15.6 Å². The first-order valence-corrected chi connectivity index (χ1v) is 9.86. The first kappa shape index (κ1) is 18.1. The Morgan fingerprint density at radius 2 is 2.07 bits per heavy atom. The fourth-order valence-corrected chi connectivity index (χ4v) is 4.39. The van der Waals surface area contributed by atoms with E-state index in [9.17, 15) is 4.79 Å². The van der Waals surface area contributed by atoms with Crippen LogP contribution in [0.4, 0.5) is 10.6 Å². The molecule has 142 valence electrons. The number of carbonyl (C=O) groups is 1. The van der Waals surface area contributed by atoms with E-state index in [1.54, 1.807) is 0 Å². The minimum Gasteiger partial charge on any atom is -0.356 e. The number of rotatable bonds is 4. The van der Waals surface area contributed by atoms with Crippen LogP contribution in [0.25, 0.3) is 0 Å². The van der Waals surface area contributed by atoms with Crippen molar-refractivity contribution >= 4 is 23.4 Å². The minimum atomic E-state index is -0.0972. The third kappa shape index (κ3) is 4.19. The van der Waals surface area contributed by atoms with Crippen LogP contribution in [0, 0.1) is 12.3 Å². The summed E-state index contributed by atoms with van der Waals surface area (Å²) in [6, 6.07) is 11.9. The lowest BCUT2D eigenvalue weighted by Crippen LogP contribution is -2.54. The molecule has 0 unspecified atom stereocenters. The molecule has 4 rings (SSSR count). The summed E-state index contributed by atoms with van der Waals surface area (Å²) in [4.78, 5) is 19.0. The summed E-state index contributed by atoms with van der Waals surface area (Å²) < 4.78 is 0. The third-order valence-corrected chi connectivity index (χ3v) is 5.98. The third-order valence-electron chi connectivity index (χ3n) is 5.72. The highest BCUT2D eigenvalue weighted by molar-refractivity contribution is 6.30. The zero-order chi connectivity index (χ0) is 18.9. The molecule has 1 spiro atoms. The van der Waals surface area contributed by atoms with Gasteiger partial charge in [-0.1, -0.05) is 23.7 Å². The van der Waals surface area contributed by atoms with E-state index in [1.165, 1.54) is 12.0 Å². The Hall–Kier alpha value is -2.27. The van der Waals surface area contributed by atoms with E-state index in [0.717, 1.165) is 37.3 Å². The second kappa shape index (κ2) is 7.39. The number of benzene rings is 1. The molecule has 0 radical (unpaired) electrons. The molecule has 1 aliphatic carbocycles. The van der Waals surface area contributed by atoms with Gasteiger partial charge in [0.2, 0.25) is 0 Å². The molecule has 0 atom stereocenters. The zero-order valence-electron chi connectivity index (χ0n) is 15.5. The highest BCUT2D eigenvalue weighted by Gasteiger charge is 2.49. The normalized spacial score (nSPS) is 23.9. The molecule has 5 nitrogen and oxygen atoms in total. The highest BCUT2D eigenvalue weighted by Crippen LogP contribution is 2.48. The lowest BCUT2D eigenvalue weighted by molar-refractivity contribution is 0.111. The Morgan fingerprint density at radius 1 is 1.30 bits per heavy atom. The van der Waals surface area contributed by atoms with Crippen LogP contribution in [0.5, 0.6) is 0 Å². The molecule has 6 heteroatoms. The van der Waals surface area contributed by atoms with Crippen LogP contribution in [-0.2, 0) is 6.54 Å². The van der Waals surface area contributed by atoms with Gasteiger partial charge in [-0.3, -0.25) is 0 Å². The Kier molecular flexibility index (Phi) is 4.96. The number of nitrogens with one attached hydrogen (secondary N) is 2. The fraction of sp³-hybridized carbons (Fsp3) is 0.429. The van der Waals surface area contributed by atoms with E-state index in [-0.39, 0.29) is 12.1 Å². The first-order chi connectivity index (χ1) is 13.0. The van der Waals surface area contributed by atoms with Crippen molar-refractivity contribution < 1.29 is 4.79 Å². The molecule has 2 aromatic rings. The van der Waals surface area contributed by atoms with Crippen molar-refractivity contribution in [3.63, 3.8) is 0 Å². The number of aromatic nitrogens is 1. The molecule has 27 heavy (non-hydrogen) atoms. The van der Waals surface area contributed by atoms with Crippen LogP contribution in [0.2, 0.25) is 5.02 Å². The van der Waals surface area contributed by atoms with Gasteiger partial charge >= 0.3 is 6.03 Å². The zero-order valence-corrected chi connectivity index (χ0v) is 16.3. The average Bonchev–Trinajstić information content (AvgIpc) is 3.06. The van der Waals surface area contributed by atoms with E-state index in [4.69, 9.17) is 11.6 Å². The minimum absolute atomic E-state index is 0.0972. The summed E-state index contributed by atoms with van der Waals surface area (Å²) in [6.45, 7) is 4.69. The summed E-state index contributed by atoms with van der Waals surface area (Å²) in [5.74, 6) is 1.07. The van der Waals surface area contributed by atoms with Crippen LogP contribution in [0.1, 0.15) is 30.4 Å². The maximum Gasteiger partial charge on any atom is 0.315 e. The summed E-state index contributed by atoms with van der Waals surface area (Å²) >= 11 is 5.88. The lowest BCUT2D eigenvalue weighted by atomic mass is 9.65. The smallest absolute Gasteiger partial charge is 0.315 e. The van der Waals surface area contributed by atoms with Crippen LogP contribution in [-0.4, -0.2) is 30.1 Å². The fourth-order valence-electron chi connectivity index (χ4n) is 4.27. The second-order valence-corrected chi connectivity index (χ2v) is 8.36. The molecule has 1 saturated carbocycles. The van der Waals surface area contributed by atoms with Gasteiger partial charge in [-0.15, -0.1) is 0 Å². The van der Waals surface area contributed by atoms with Gasteiger partial charge in [0.05, 0.1) is 0 Å². The van der Waals surface area contributed by atoms with Gasteiger partial charge < -0.3 is 15.5 Å². The number of amides is 2. The Bertz CT molecular complexity index is 817. The topological polar surface area (TPSA) is 57.3 Å². The number of hydrogen-bond acceptors (Lipinski definition) is 3. The number of aryl methyl sites for hydroxylation is 1. The Balaban J connectivity index is 1.22. The number of hydrogen-bond donors (Lipinski definition) is 2. The van der Waals surface area contributed by atoms with E-state index in [0.29, 0.717) is 17.0 Å². The van der Waals surface area contributed by atoms with E-state index >= 15 is 0 Å². The molecule has 2 N–H and O–H groups in total. The molecule has 2 fully saturated rings. The van der Waals surface area contributed by atoms with Gasteiger partial charge in [0.1, 0.15) is 5.82 Å². The van der Waals surface area contributed by atoms with E-state index in [1.807, 2.05) is 36.5 Å². The van der Waals surface area contributed by atoms with Crippen LogP contribution < -0.4 is 15.5 Å². The number of nitrogens with zero attached hydrogens (tertiary/aromatic N) is 2. The molecule has 2 amide bonds. The predicted octanol–water partition coefficient (Wildman–Crippen LogP) is 3.90. The van der Waals surface area contributed by atoms with Gasteiger partial charge in [0, 0.05) is 36.9 Å². The number of urea groups is 1. The SMILES string of the molecule is Cc1ccnc(N2CC[C@]3(C2)C[C@H](NC(=O)NCc2ccc(Cl)cc2)C3)c1. The molecule has 2 heterocycles. The predicted molar refractivity (Wildman–Crippen MR) is 108 cm³/mol. The van der Waals surface area contributed by atoms with Gasteiger partial charge in [-0.25, -0.2) is 9.78 Å². The number of halogens is 1. The van der Waals surface area contributed by atoms with Crippen molar-refractivity contribution in [2.75, 3.05) is 18.0 Å². The summed E-state index contributed by atoms with van der Waals surface area (Å²) in [5.41, 5.74) is 2.61. The van der Waals surface area contributed by atoms with E-state index < -0.39 is 0 Å². The molecule has 0 bridgehead atoms. The number of carbonyl (C=O) groups excluding carboxylic acids is 1. The van der Waals surface area contributed by atoms with Gasteiger partial charge in [0.15, 0.2) is 0 Å². The highest BCUT2D eigenvalue weighted by atomic mass is 35.5. The number of anilines is 1. The Morgan fingerprint density at radius 3 is 2.81 bits per heavy atom. The molecule has 1 saturated heterocycles. The van der Waals surface area contributed by atoms with Crippen molar-refractivity contribution in [3.05, 3.63) is 58.7 Å². The lowest BCUT2D eigenvalue weighted by Gasteiger charge is -2.45.